The maximum Gasteiger partial charge on any atom is 0.335 e. The van der Waals surface area contributed by atoms with Gasteiger partial charge in [-0.3, -0.25) is 14.9 Å². The molecule has 7 nitrogen and oxygen atoms in total. The van der Waals surface area contributed by atoms with Crippen molar-refractivity contribution < 1.29 is 23.9 Å². The Labute approximate surface area is 223 Å². The summed E-state index contributed by atoms with van der Waals surface area (Å²) in [6.45, 7) is 4.66. The van der Waals surface area contributed by atoms with Crippen LogP contribution >= 0.6 is 22.6 Å². The lowest BCUT2D eigenvalue weighted by molar-refractivity contribution is -0.122. The van der Waals surface area contributed by atoms with Gasteiger partial charge in [0.2, 0.25) is 0 Å². The van der Waals surface area contributed by atoms with Crippen molar-refractivity contribution in [2.45, 2.75) is 26.9 Å². The van der Waals surface area contributed by atoms with Crippen LogP contribution in [-0.4, -0.2) is 24.5 Å². The van der Waals surface area contributed by atoms with Gasteiger partial charge in [0, 0.05) is 0 Å². The van der Waals surface area contributed by atoms with Gasteiger partial charge in [-0.1, -0.05) is 49.4 Å². The predicted octanol–water partition coefficient (Wildman–Crippen LogP) is 5.50. The van der Waals surface area contributed by atoms with Crippen LogP contribution in [0.15, 0.2) is 72.3 Å². The normalized spacial score (nSPS) is 14.7. The smallest absolute Gasteiger partial charge is 0.335 e. The molecule has 0 bridgehead atoms. The summed E-state index contributed by atoms with van der Waals surface area (Å²) in [5.41, 5.74) is 2.91. The van der Waals surface area contributed by atoms with Crippen molar-refractivity contribution in [2.24, 2.45) is 0 Å². The van der Waals surface area contributed by atoms with Crippen molar-refractivity contribution in [2.75, 3.05) is 11.5 Å². The average Bonchev–Trinajstić information content (AvgIpc) is 2.87. The van der Waals surface area contributed by atoms with Gasteiger partial charge in [-0.05, 0) is 83.0 Å². The monoisotopic (exact) mass is 596 g/mol. The van der Waals surface area contributed by atoms with Crippen molar-refractivity contribution in [3.63, 3.8) is 0 Å². The molecule has 1 aliphatic rings. The number of anilines is 1. The quantitative estimate of drug-likeness (QED) is 0.211. The van der Waals surface area contributed by atoms with Crippen LogP contribution in [-0.2, 0) is 22.6 Å². The lowest BCUT2D eigenvalue weighted by Gasteiger charge is -2.26. The Bertz CT molecular complexity index is 1320. The Hall–Kier alpha value is -3.66. The molecule has 1 saturated heterocycles. The fraction of sp³-hybridized carbons (Fsp3) is 0.179. The highest BCUT2D eigenvalue weighted by Crippen LogP contribution is 2.36. The van der Waals surface area contributed by atoms with Gasteiger partial charge < -0.3 is 9.47 Å². The van der Waals surface area contributed by atoms with Gasteiger partial charge in [-0.2, -0.15) is 0 Å². The van der Waals surface area contributed by atoms with Crippen LogP contribution in [0.5, 0.6) is 11.5 Å². The topological polar surface area (TPSA) is 84.9 Å². The molecule has 0 unspecified atom stereocenters. The van der Waals surface area contributed by atoms with E-state index in [2.05, 4.69) is 27.9 Å². The molecule has 1 fully saturated rings. The van der Waals surface area contributed by atoms with Gasteiger partial charge in [-0.15, -0.1) is 0 Å². The molecule has 8 heteroatoms. The van der Waals surface area contributed by atoms with Crippen LogP contribution in [0.1, 0.15) is 30.5 Å². The zero-order valence-corrected chi connectivity index (χ0v) is 22.1. The van der Waals surface area contributed by atoms with Crippen LogP contribution in [0.3, 0.4) is 0 Å². The molecule has 0 aromatic heterocycles. The van der Waals surface area contributed by atoms with Crippen LogP contribution in [0, 0.1) is 3.57 Å². The molecule has 0 spiro atoms. The van der Waals surface area contributed by atoms with E-state index < -0.39 is 17.8 Å². The van der Waals surface area contributed by atoms with Crippen molar-refractivity contribution in [1.29, 1.82) is 0 Å². The zero-order chi connectivity index (χ0) is 25.7. The van der Waals surface area contributed by atoms with Gasteiger partial charge in [0.15, 0.2) is 11.5 Å². The van der Waals surface area contributed by atoms with E-state index in [1.165, 1.54) is 6.08 Å². The number of carbonyl (C=O) groups is 3. The lowest BCUT2D eigenvalue weighted by atomic mass is 10.1. The molecule has 0 atom stereocenters. The highest BCUT2D eigenvalue weighted by molar-refractivity contribution is 14.1. The van der Waals surface area contributed by atoms with Crippen molar-refractivity contribution in [1.82, 2.24) is 5.32 Å². The summed E-state index contributed by atoms with van der Waals surface area (Å²) in [5.74, 6) is -0.358. The number of aryl methyl sites for hydroxylation is 1. The van der Waals surface area contributed by atoms with E-state index in [0.29, 0.717) is 36.0 Å². The molecule has 0 radical (unpaired) electrons. The summed E-state index contributed by atoms with van der Waals surface area (Å²) in [6.07, 6.45) is 2.29. The standard InChI is InChI=1S/C28H25IN2O5/c1-3-18-10-12-21(13-11-18)31-27(33)22(26(32)30-28(31)34)14-20-15-23(29)25(24(16-20)35-4-2)36-17-19-8-6-5-7-9-19/h5-16H,3-4,17H2,1-2H3,(H,30,32,34)/b22-14-. The molecule has 4 rings (SSSR count). The van der Waals surface area contributed by atoms with Crippen LogP contribution in [0.4, 0.5) is 10.5 Å². The molecule has 1 aliphatic heterocycles. The summed E-state index contributed by atoms with van der Waals surface area (Å²) >= 11 is 2.14. The van der Waals surface area contributed by atoms with Gasteiger partial charge in [0.1, 0.15) is 12.2 Å². The summed E-state index contributed by atoms with van der Waals surface area (Å²) in [6, 6.07) is 19.6. The van der Waals surface area contributed by atoms with E-state index in [9.17, 15) is 14.4 Å². The SMILES string of the molecule is CCOc1cc(/C=C2/C(=O)NC(=O)N(c3ccc(CC)cc3)C2=O)cc(I)c1OCc1ccccc1. The number of nitrogens with one attached hydrogen (secondary N) is 1. The van der Waals surface area contributed by atoms with E-state index in [0.717, 1.165) is 26.0 Å². The molecule has 1 N–H and O–H groups in total. The molecule has 36 heavy (non-hydrogen) atoms. The van der Waals surface area contributed by atoms with E-state index in [1.807, 2.05) is 56.3 Å². The van der Waals surface area contributed by atoms with Gasteiger partial charge in [0.25, 0.3) is 11.8 Å². The largest absolute Gasteiger partial charge is 0.490 e. The summed E-state index contributed by atoms with van der Waals surface area (Å²) in [7, 11) is 0. The Morgan fingerprint density at radius 3 is 2.31 bits per heavy atom. The fourth-order valence-electron chi connectivity index (χ4n) is 3.74. The minimum absolute atomic E-state index is 0.148. The molecular formula is C28H25IN2O5. The van der Waals surface area contributed by atoms with Crippen LogP contribution in [0.2, 0.25) is 0 Å². The van der Waals surface area contributed by atoms with Gasteiger partial charge in [-0.25, -0.2) is 9.69 Å². The summed E-state index contributed by atoms with van der Waals surface area (Å²) in [4.78, 5) is 39.3. The van der Waals surface area contributed by atoms with Gasteiger partial charge >= 0.3 is 6.03 Å². The maximum absolute atomic E-state index is 13.2. The molecule has 1 heterocycles. The van der Waals surface area contributed by atoms with Crippen molar-refractivity contribution in [3.05, 3.63) is 92.6 Å². The molecule has 4 amide bonds. The number of amides is 4. The summed E-state index contributed by atoms with van der Waals surface area (Å²) in [5, 5.41) is 2.26. The molecule has 0 aliphatic carbocycles. The first kappa shape index (κ1) is 25.4. The van der Waals surface area contributed by atoms with Crippen molar-refractivity contribution in [3.8, 4) is 11.5 Å². The minimum Gasteiger partial charge on any atom is -0.490 e. The second kappa shape index (κ2) is 11.4. The number of imide groups is 2. The Morgan fingerprint density at radius 1 is 0.917 bits per heavy atom. The summed E-state index contributed by atoms with van der Waals surface area (Å²) < 4.78 is 12.6. The number of barbiturate groups is 1. The number of ether oxygens (including phenoxy) is 2. The second-order valence-corrected chi connectivity index (χ2v) is 9.18. The van der Waals surface area contributed by atoms with Crippen LogP contribution < -0.4 is 19.7 Å². The minimum atomic E-state index is -0.777. The number of hydrogen-bond acceptors (Lipinski definition) is 5. The number of hydrogen-bond donors (Lipinski definition) is 1. The first-order valence-electron chi connectivity index (χ1n) is 11.5. The number of urea groups is 1. The number of rotatable bonds is 8. The van der Waals surface area contributed by atoms with E-state index in [4.69, 9.17) is 9.47 Å². The van der Waals surface area contributed by atoms with Gasteiger partial charge in [0.05, 0.1) is 15.9 Å². The van der Waals surface area contributed by atoms with E-state index in [1.54, 1.807) is 24.3 Å². The maximum atomic E-state index is 13.2. The second-order valence-electron chi connectivity index (χ2n) is 8.02. The zero-order valence-electron chi connectivity index (χ0n) is 19.9. The third-order valence-electron chi connectivity index (χ3n) is 5.57. The number of nitrogens with zero attached hydrogens (tertiary/aromatic N) is 1. The predicted molar refractivity (Wildman–Crippen MR) is 146 cm³/mol. The highest BCUT2D eigenvalue weighted by atomic mass is 127. The lowest BCUT2D eigenvalue weighted by Crippen LogP contribution is -2.54. The Balaban J connectivity index is 1.65. The molecular weight excluding hydrogens is 571 g/mol. The molecule has 184 valence electrons. The van der Waals surface area contributed by atoms with Crippen LogP contribution in [0.25, 0.3) is 6.08 Å². The first-order chi connectivity index (χ1) is 17.4. The number of benzene rings is 3. The van der Waals surface area contributed by atoms with E-state index in [-0.39, 0.29) is 5.57 Å². The Kier molecular flexibility index (Phi) is 8.04. The first-order valence-corrected chi connectivity index (χ1v) is 12.6. The Morgan fingerprint density at radius 2 is 1.64 bits per heavy atom. The number of halogens is 1. The average molecular weight is 596 g/mol. The van der Waals surface area contributed by atoms with Crippen molar-refractivity contribution >= 4 is 52.2 Å². The third-order valence-corrected chi connectivity index (χ3v) is 6.37. The highest BCUT2D eigenvalue weighted by Gasteiger charge is 2.36. The molecule has 3 aromatic carbocycles. The van der Waals surface area contributed by atoms with E-state index >= 15 is 0 Å². The third kappa shape index (κ3) is 5.59. The molecule has 0 saturated carbocycles. The number of carbonyl (C=O) groups excluding carboxylic acids is 3. The fourth-order valence-corrected chi connectivity index (χ4v) is 4.52. The molecule has 3 aromatic rings.